The van der Waals surface area contributed by atoms with Crippen LogP contribution in [0.15, 0.2) is 42.5 Å². The van der Waals surface area contributed by atoms with E-state index in [0.717, 1.165) is 25.8 Å². The molecular weight excluding hydrogens is 351 g/mol. The fourth-order valence-electron chi connectivity index (χ4n) is 4.32. The molecule has 2 aromatic rings. The average Bonchev–Trinajstić information content (AvgIpc) is 2.63. The van der Waals surface area contributed by atoms with E-state index in [9.17, 15) is 4.79 Å². The minimum atomic E-state index is -1.28. The molecule has 0 aromatic heterocycles. The van der Waals surface area contributed by atoms with E-state index >= 15 is 0 Å². The topological polar surface area (TPSA) is 95.6 Å². The Balaban J connectivity index is 1.51. The molecule has 0 bridgehead atoms. The number of benzene rings is 2. The van der Waals surface area contributed by atoms with E-state index in [4.69, 9.17) is 15.8 Å². The lowest BCUT2D eigenvalue weighted by molar-refractivity contribution is -0.126. The molecule has 0 spiro atoms. The van der Waals surface area contributed by atoms with Gasteiger partial charge in [0, 0.05) is 12.6 Å². The Kier molecular flexibility index (Phi) is 6.88. The molecule has 0 amide bonds. The fourth-order valence-corrected chi connectivity index (χ4v) is 4.32. The zero-order valence-corrected chi connectivity index (χ0v) is 16.6. The molecule has 0 saturated heterocycles. The van der Waals surface area contributed by atoms with Crippen LogP contribution in [0.3, 0.4) is 0 Å². The molecule has 1 aliphatic rings. The van der Waals surface area contributed by atoms with Gasteiger partial charge < -0.3 is 21.1 Å². The molecule has 1 saturated carbocycles. The van der Waals surface area contributed by atoms with Crippen molar-refractivity contribution in [2.24, 2.45) is 11.7 Å². The minimum absolute atomic E-state index is 0.0366. The summed E-state index contributed by atoms with van der Waals surface area (Å²) in [5, 5.41) is 24.1. The molecule has 0 radical (unpaired) electrons. The van der Waals surface area contributed by atoms with E-state index < -0.39 is 12.7 Å². The summed E-state index contributed by atoms with van der Waals surface area (Å²) in [6, 6.07) is 15.2. The molecule has 3 rings (SSSR count). The molecule has 5 nitrogen and oxygen atoms in total. The Morgan fingerprint density at radius 2 is 1.89 bits per heavy atom. The first-order valence-corrected chi connectivity index (χ1v) is 10.3. The van der Waals surface area contributed by atoms with Gasteiger partial charge in [-0.3, -0.25) is 4.79 Å². The number of rotatable bonds is 10. The minimum Gasteiger partial charge on any atom is -0.427 e. The normalized spacial score (nSPS) is 21.1. The molecule has 150 valence electrons. The van der Waals surface area contributed by atoms with Crippen molar-refractivity contribution in [1.82, 2.24) is 5.32 Å². The van der Waals surface area contributed by atoms with Crippen molar-refractivity contribution >= 4 is 23.7 Å². The van der Waals surface area contributed by atoms with Crippen molar-refractivity contribution in [2.45, 2.75) is 63.5 Å². The van der Waals surface area contributed by atoms with Crippen molar-refractivity contribution in [1.29, 1.82) is 0 Å². The Bertz CT molecular complexity index is 802. The summed E-state index contributed by atoms with van der Waals surface area (Å²) in [5.74, 6) is 0.226. The summed E-state index contributed by atoms with van der Waals surface area (Å²) in [6.45, 7) is 2.39. The quantitative estimate of drug-likeness (QED) is 0.374. The molecule has 1 fully saturated rings. The predicted molar refractivity (Wildman–Crippen MR) is 114 cm³/mol. The van der Waals surface area contributed by atoms with Gasteiger partial charge >= 0.3 is 7.12 Å². The van der Waals surface area contributed by atoms with Crippen molar-refractivity contribution in [2.75, 3.05) is 0 Å². The molecule has 0 aliphatic heterocycles. The third-order valence-electron chi connectivity index (χ3n) is 6.29. The molecule has 1 aliphatic carbocycles. The fraction of sp³-hybridized carbons (Fsp3) is 0.500. The van der Waals surface area contributed by atoms with Crippen LogP contribution in [0.5, 0.6) is 0 Å². The van der Waals surface area contributed by atoms with Gasteiger partial charge in [-0.05, 0) is 54.8 Å². The van der Waals surface area contributed by atoms with Gasteiger partial charge in [-0.2, -0.15) is 0 Å². The van der Waals surface area contributed by atoms with Crippen molar-refractivity contribution < 1.29 is 14.8 Å². The first-order valence-electron chi connectivity index (χ1n) is 10.3. The van der Waals surface area contributed by atoms with Crippen LogP contribution in [-0.4, -0.2) is 34.5 Å². The third-order valence-corrected chi connectivity index (χ3v) is 6.29. The van der Waals surface area contributed by atoms with Gasteiger partial charge in [-0.15, -0.1) is 0 Å². The van der Waals surface area contributed by atoms with Gasteiger partial charge in [0.25, 0.3) is 0 Å². The summed E-state index contributed by atoms with van der Waals surface area (Å²) in [4.78, 5) is 12.2. The highest BCUT2D eigenvalue weighted by Gasteiger charge is 2.45. The van der Waals surface area contributed by atoms with Crippen LogP contribution in [0.1, 0.15) is 44.6 Å². The van der Waals surface area contributed by atoms with Gasteiger partial charge in [0.1, 0.15) is 5.78 Å². The molecule has 6 heteroatoms. The lowest BCUT2D eigenvalue weighted by Crippen LogP contribution is -2.60. The second-order valence-electron chi connectivity index (χ2n) is 8.21. The first kappa shape index (κ1) is 21.0. The zero-order chi connectivity index (χ0) is 20.1. The number of hydrogen-bond donors (Lipinski definition) is 4. The van der Waals surface area contributed by atoms with E-state index in [1.54, 1.807) is 6.92 Å². The number of Topliss-reactive ketones (excluding diaryl/α,β-unsaturated/α-hetero) is 1. The molecule has 1 atom stereocenters. The molecule has 28 heavy (non-hydrogen) atoms. The Hall–Kier alpha value is -1.73. The lowest BCUT2D eigenvalue weighted by Gasteiger charge is -2.46. The van der Waals surface area contributed by atoms with Gasteiger partial charge in [-0.1, -0.05) is 55.3 Å². The summed E-state index contributed by atoms with van der Waals surface area (Å²) in [7, 11) is -1.28. The standard InChI is InChI=1S/C22H31BN2O3/c1-16(26)22(24,11-4-5-12-23(27)28)19-13-20(14-19)25-15-18-9-6-8-17-7-2-3-10-21(17)18/h2-3,6-10,19-20,25,27-28H,4-5,11-15,24H2,1H3. The second kappa shape index (κ2) is 9.18. The number of hydrogen-bond acceptors (Lipinski definition) is 5. The van der Waals surface area contributed by atoms with E-state index in [-0.39, 0.29) is 11.7 Å². The summed E-state index contributed by atoms with van der Waals surface area (Å²) < 4.78 is 0. The van der Waals surface area contributed by atoms with E-state index in [1.807, 2.05) is 0 Å². The van der Waals surface area contributed by atoms with Crippen molar-refractivity contribution in [3.63, 3.8) is 0 Å². The van der Waals surface area contributed by atoms with Gasteiger partial charge in [0.05, 0.1) is 5.54 Å². The lowest BCUT2D eigenvalue weighted by atomic mass is 9.64. The molecule has 1 unspecified atom stereocenters. The van der Waals surface area contributed by atoms with Crippen LogP contribution in [-0.2, 0) is 11.3 Å². The number of nitrogens with one attached hydrogen (secondary N) is 1. The van der Waals surface area contributed by atoms with Crippen LogP contribution in [0.25, 0.3) is 10.8 Å². The summed E-state index contributed by atoms with van der Waals surface area (Å²) in [5.41, 5.74) is 7.00. The average molecular weight is 382 g/mol. The largest absolute Gasteiger partial charge is 0.451 e. The highest BCUT2D eigenvalue weighted by Crippen LogP contribution is 2.39. The van der Waals surface area contributed by atoms with Crippen LogP contribution >= 0.6 is 0 Å². The maximum absolute atomic E-state index is 12.2. The van der Waals surface area contributed by atoms with Crippen LogP contribution in [0.2, 0.25) is 6.32 Å². The first-order chi connectivity index (χ1) is 13.4. The molecular formula is C22H31BN2O3. The second-order valence-corrected chi connectivity index (χ2v) is 8.21. The predicted octanol–water partition coefficient (Wildman–Crippen LogP) is 2.64. The smallest absolute Gasteiger partial charge is 0.427 e. The Morgan fingerprint density at radius 3 is 2.61 bits per heavy atom. The van der Waals surface area contributed by atoms with E-state index in [2.05, 4.69) is 47.8 Å². The maximum atomic E-state index is 12.2. The molecule has 5 N–H and O–H groups in total. The number of ketones is 1. The van der Waals surface area contributed by atoms with E-state index in [1.165, 1.54) is 16.3 Å². The Morgan fingerprint density at radius 1 is 1.18 bits per heavy atom. The van der Waals surface area contributed by atoms with Gasteiger partial charge in [0.15, 0.2) is 0 Å². The van der Waals surface area contributed by atoms with Gasteiger partial charge in [-0.25, -0.2) is 0 Å². The van der Waals surface area contributed by atoms with Crippen LogP contribution < -0.4 is 11.1 Å². The number of nitrogens with two attached hydrogens (primary N) is 1. The molecule has 2 aromatic carbocycles. The highest BCUT2D eigenvalue weighted by atomic mass is 16.4. The van der Waals surface area contributed by atoms with Crippen molar-refractivity contribution in [3.8, 4) is 0 Å². The zero-order valence-electron chi connectivity index (χ0n) is 16.6. The van der Waals surface area contributed by atoms with E-state index in [0.29, 0.717) is 25.2 Å². The van der Waals surface area contributed by atoms with Crippen molar-refractivity contribution in [3.05, 3.63) is 48.0 Å². The maximum Gasteiger partial charge on any atom is 0.451 e. The number of unbranched alkanes of at least 4 members (excludes halogenated alkanes) is 1. The SMILES string of the molecule is CC(=O)C(N)(CCCCB(O)O)C1CC(NCc2cccc3ccccc23)C1. The highest BCUT2D eigenvalue weighted by molar-refractivity contribution is 6.40. The Labute approximate surface area is 167 Å². The molecule has 0 heterocycles. The number of carbonyl (C=O) groups excluding carboxylic acids is 1. The summed E-state index contributed by atoms with van der Waals surface area (Å²) >= 11 is 0. The van der Waals surface area contributed by atoms with Gasteiger partial charge in [0.2, 0.25) is 0 Å². The third kappa shape index (κ3) is 4.81. The number of fused-ring (bicyclic) bond motifs is 1. The number of carbonyl (C=O) groups is 1. The van der Waals surface area contributed by atoms with Crippen LogP contribution in [0, 0.1) is 5.92 Å². The summed E-state index contributed by atoms with van der Waals surface area (Å²) in [6.07, 6.45) is 4.15. The van der Waals surface area contributed by atoms with Crippen LogP contribution in [0.4, 0.5) is 0 Å². The monoisotopic (exact) mass is 382 g/mol.